The van der Waals surface area contributed by atoms with E-state index in [4.69, 9.17) is 10.6 Å². The minimum absolute atomic E-state index is 0.132. The fourth-order valence-corrected chi connectivity index (χ4v) is 2.75. The number of aliphatic imine (C=N–C) groups is 1. The molecule has 0 saturated carbocycles. The second kappa shape index (κ2) is 4.96. The average molecular weight is 275 g/mol. The molecule has 0 bridgehead atoms. The highest BCUT2D eigenvalue weighted by molar-refractivity contribution is 5.81. The predicted molar refractivity (Wildman–Crippen MR) is 77.9 cm³/mol. The molecule has 0 aromatic rings. The number of nitrogens with two attached hydrogens (primary N) is 1. The molecule has 1 unspecified atom stereocenters. The second-order valence-electron chi connectivity index (χ2n) is 5.23. The van der Waals surface area contributed by atoms with E-state index in [1.165, 1.54) is 0 Å². The van der Waals surface area contributed by atoms with E-state index in [-0.39, 0.29) is 6.04 Å². The number of hydrogen-bond acceptors (Lipinski definition) is 6. The van der Waals surface area contributed by atoms with Crippen molar-refractivity contribution in [1.82, 2.24) is 14.9 Å². The Morgan fingerprint density at radius 3 is 2.95 bits per heavy atom. The monoisotopic (exact) mass is 275 g/mol. The van der Waals surface area contributed by atoms with Crippen molar-refractivity contribution in [3.05, 3.63) is 35.2 Å². The van der Waals surface area contributed by atoms with Gasteiger partial charge in [-0.1, -0.05) is 6.92 Å². The molecule has 3 aliphatic heterocycles. The van der Waals surface area contributed by atoms with Gasteiger partial charge in [0.2, 0.25) is 0 Å². The lowest BCUT2D eigenvalue weighted by Crippen LogP contribution is -2.43. The zero-order chi connectivity index (χ0) is 14.3. The van der Waals surface area contributed by atoms with Crippen LogP contribution in [0.3, 0.4) is 0 Å². The average Bonchev–Trinajstić information content (AvgIpc) is 2.87. The lowest BCUT2D eigenvalue weighted by Gasteiger charge is -2.39. The summed E-state index contributed by atoms with van der Waals surface area (Å²) in [6.45, 7) is 5.85. The zero-order valence-corrected chi connectivity index (χ0v) is 12.2. The summed E-state index contributed by atoms with van der Waals surface area (Å²) in [5.74, 6) is 1.08. The van der Waals surface area contributed by atoms with Crippen molar-refractivity contribution in [3.63, 3.8) is 0 Å². The summed E-state index contributed by atoms with van der Waals surface area (Å²) in [6.07, 6.45) is 7.02. The Morgan fingerprint density at radius 2 is 2.25 bits per heavy atom. The summed E-state index contributed by atoms with van der Waals surface area (Å²) in [6, 6.07) is -0.132. The third-order valence-corrected chi connectivity index (χ3v) is 3.81. The van der Waals surface area contributed by atoms with E-state index in [1.54, 1.807) is 12.2 Å². The van der Waals surface area contributed by atoms with Gasteiger partial charge in [-0.15, -0.1) is 0 Å². The number of rotatable bonds is 3. The van der Waals surface area contributed by atoms with E-state index >= 15 is 0 Å². The summed E-state index contributed by atoms with van der Waals surface area (Å²) in [5, 5.41) is 1.79. The Hall–Kier alpha value is -1.79. The van der Waals surface area contributed by atoms with E-state index in [0.29, 0.717) is 6.67 Å². The van der Waals surface area contributed by atoms with Gasteiger partial charge in [-0.25, -0.2) is 5.06 Å². The van der Waals surface area contributed by atoms with Gasteiger partial charge >= 0.3 is 0 Å². The predicted octanol–water partition coefficient (Wildman–Crippen LogP) is 1.17. The van der Waals surface area contributed by atoms with Crippen LogP contribution in [-0.4, -0.2) is 47.4 Å². The van der Waals surface area contributed by atoms with Crippen molar-refractivity contribution in [2.75, 3.05) is 20.3 Å². The van der Waals surface area contributed by atoms with Crippen molar-refractivity contribution in [1.29, 1.82) is 0 Å². The fraction of sp³-hybridized carbons (Fsp3) is 0.500. The minimum Gasteiger partial charge on any atom is -0.333 e. The van der Waals surface area contributed by atoms with Crippen LogP contribution in [0.1, 0.15) is 20.3 Å². The lowest BCUT2D eigenvalue weighted by atomic mass is 10.0. The molecule has 2 N–H and O–H groups in total. The number of nitrogens with zero attached hydrogens (tertiary/aromatic N) is 4. The van der Waals surface area contributed by atoms with Gasteiger partial charge in [0.15, 0.2) is 0 Å². The van der Waals surface area contributed by atoms with Crippen molar-refractivity contribution in [3.8, 4) is 0 Å². The van der Waals surface area contributed by atoms with E-state index < -0.39 is 0 Å². The molecule has 3 heterocycles. The molecule has 0 amide bonds. The molecule has 0 saturated heterocycles. The number of hydrogen-bond donors (Lipinski definition) is 1. The van der Waals surface area contributed by atoms with Crippen LogP contribution in [0.15, 0.2) is 40.2 Å². The Labute approximate surface area is 119 Å². The molecule has 0 fully saturated rings. The van der Waals surface area contributed by atoms with Crippen molar-refractivity contribution in [2.45, 2.75) is 26.3 Å². The number of fused-ring (bicyclic) bond motifs is 2. The van der Waals surface area contributed by atoms with E-state index in [1.807, 2.05) is 12.4 Å². The molecule has 6 nitrogen and oxygen atoms in total. The Balaban J connectivity index is 2.00. The van der Waals surface area contributed by atoms with Gasteiger partial charge in [0.1, 0.15) is 18.2 Å². The van der Waals surface area contributed by atoms with E-state index in [0.717, 1.165) is 35.8 Å². The summed E-state index contributed by atoms with van der Waals surface area (Å²) in [5.41, 5.74) is 9.40. The molecule has 0 aliphatic carbocycles. The topological polar surface area (TPSA) is 57.3 Å². The first-order valence-electron chi connectivity index (χ1n) is 6.94. The second-order valence-corrected chi connectivity index (χ2v) is 5.23. The van der Waals surface area contributed by atoms with Crippen molar-refractivity contribution in [2.24, 2.45) is 10.7 Å². The maximum atomic E-state index is 6.28. The highest BCUT2D eigenvalue weighted by Crippen LogP contribution is 2.34. The number of allylic oxidation sites excluding steroid dienone is 1. The van der Waals surface area contributed by atoms with Gasteiger partial charge in [0.05, 0.1) is 31.3 Å². The van der Waals surface area contributed by atoms with Gasteiger partial charge in [-0.05, 0) is 18.9 Å². The largest absolute Gasteiger partial charge is 0.333 e. The highest BCUT2D eigenvalue weighted by atomic mass is 16.7. The summed E-state index contributed by atoms with van der Waals surface area (Å²) >= 11 is 0. The van der Waals surface area contributed by atoms with Crippen LogP contribution < -0.4 is 5.73 Å². The molecule has 0 aromatic carbocycles. The van der Waals surface area contributed by atoms with Gasteiger partial charge in [-0.2, -0.15) is 0 Å². The Kier molecular flexibility index (Phi) is 3.27. The summed E-state index contributed by atoms with van der Waals surface area (Å²) in [7, 11) is 1.67. The van der Waals surface area contributed by atoms with Crippen LogP contribution in [-0.2, 0) is 4.84 Å². The maximum Gasteiger partial charge on any atom is 0.138 e. The van der Waals surface area contributed by atoms with Crippen LogP contribution in [0.2, 0.25) is 0 Å². The fourth-order valence-electron chi connectivity index (χ4n) is 2.75. The molecular formula is C14H21N5O. The first-order chi connectivity index (χ1) is 9.65. The smallest absolute Gasteiger partial charge is 0.138 e. The van der Waals surface area contributed by atoms with Gasteiger partial charge in [-0.3, -0.25) is 9.83 Å². The quantitative estimate of drug-likeness (QED) is 0.838. The number of hydroxylamine groups is 2. The van der Waals surface area contributed by atoms with Crippen LogP contribution >= 0.6 is 0 Å². The SMILES string of the molecule is CCCN1C=C(C)C(N)C2=C1N1CN(OC)C=C1C=N2. The van der Waals surface area contributed by atoms with Crippen LogP contribution in [0.5, 0.6) is 0 Å². The van der Waals surface area contributed by atoms with Gasteiger partial charge in [0, 0.05) is 12.7 Å². The van der Waals surface area contributed by atoms with Crippen molar-refractivity contribution < 1.29 is 4.84 Å². The van der Waals surface area contributed by atoms with Crippen LogP contribution in [0, 0.1) is 0 Å². The first kappa shape index (κ1) is 13.2. The molecule has 3 rings (SSSR count). The van der Waals surface area contributed by atoms with E-state index in [2.05, 4.69) is 34.8 Å². The lowest BCUT2D eigenvalue weighted by molar-refractivity contribution is -0.0968. The molecule has 20 heavy (non-hydrogen) atoms. The molecule has 0 aromatic heterocycles. The van der Waals surface area contributed by atoms with E-state index in [9.17, 15) is 0 Å². The minimum atomic E-state index is -0.132. The molecule has 0 spiro atoms. The van der Waals surface area contributed by atoms with Crippen LogP contribution in [0.4, 0.5) is 0 Å². The third-order valence-electron chi connectivity index (χ3n) is 3.81. The molecule has 0 radical (unpaired) electrons. The highest BCUT2D eigenvalue weighted by Gasteiger charge is 2.35. The Morgan fingerprint density at radius 1 is 1.45 bits per heavy atom. The van der Waals surface area contributed by atoms with Gasteiger partial charge < -0.3 is 15.5 Å². The van der Waals surface area contributed by atoms with Gasteiger partial charge in [0.25, 0.3) is 0 Å². The zero-order valence-electron chi connectivity index (χ0n) is 12.2. The molecule has 1 atom stereocenters. The molecule has 108 valence electrons. The molecule has 3 aliphatic rings. The maximum absolute atomic E-state index is 6.28. The van der Waals surface area contributed by atoms with Crippen molar-refractivity contribution >= 4 is 6.21 Å². The van der Waals surface area contributed by atoms with Crippen LogP contribution in [0.25, 0.3) is 0 Å². The standard InChI is InChI=1S/C14H21N5O/c1-4-5-17-7-10(2)12(15)13-14(17)19-9-18(20-3)8-11(19)6-16-13/h6-8,12H,4-5,9,15H2,1-3H3. The summed E-state index contributed by atoms with van der Waals surface area (Å²) < 4.78 is 0. The molecular weight excluding hydrogens is 254 g/mol. The third kappa shape index (κ3) is 1.92. The normalized spacial score (nSPS) is 24.8. The molecule has 6 heteroatoms. The Bertz CT molecular complexity index is 534. The summed E-state index contributed by atoms with van der Waals surface area (Å²) in [4.78, 5) is 14.3. The first-order valence-corrected chi connectivity index (χ1v) is 6.94.